The van der Waals surface area contributed by atoms with Crippen LogP contribution in [0.2, 0.25) is 0 Å². The van der Waals surface area contributed by atoms with Crippen LogP contribution >= 0.6 is 0 Å². The Morgan fingerprint density at radius 3 is 3.31 bits per heavy atom. The van der Waals surface area contributed by atoms with Crippen molar-refractivity contribution in [3.05, 3.63) is 23.9 Å². The minimum absolute atomic E-state index is 0.670. The Hall–Kier alpha value is -1.13. The second-order valence-electron chi connectivity index (χ2n) is 4.07. The number of pyridine rings is 1. The van der Waals surface area contributed by atoms with Crippen LogP contribution in [0.3, 0.4) is 0 Å². The van der Waals surface area contributed by atoms with Gasteiger partial charge in [-0.3, -0.25) is 0 Å². The number of methoxy groups -OCH3 is 1. The fraction of sp³-hybridized carbons (Fsp3) is 0.583. The van der Waals surface area contributed by atoms with E-state index < -0.39 is 0 Å². The topological polar surface area (TPSA) is 43.4 Å². The quantitative estimate of drug-likeness (QED) is 0.813. The van der Waals surface area contributed by atoms with Crippen LogP contribution in [0.1, 0.15) is 12.0 Å². The van der Waals surface area contributed by atoms with Gasteiger partial charge in [-0.2, -0.15) is 0 Å². The van der Waals surface area contributed by atoms with Crippen LogP contribution in [0.25, 0.3) is 0 Å². The second-order valence-corrected chi connectivity index (χ2v) is 4.07. The predicted octanol–water partition coefficient (Wildman–Crippen LogP) is 1.22. The molecule has 1 aromatic rings. The van der Waals surface area contributed by atoms with Crippen molar-refractivity contribution in [1.29, 1.82) is 0 Å². The van der Waals surface area contributed by atoms with Gasteiger partial charge in [0.1, 0.15) is 0 Å². The van der Waals surface area contributed by atoms with Crippen LogP contribution in [0.5, 0.6) is 5.88 Å². The fourth-order valence-electron chi connectivity index (χ4n) is 1.84. The zero-order chi connectivity index (χ0) is 11.2. The molecule has 4 heteroatoms. The lowest BCUT2D eigenvalue weighted by molar-refractivity contribution is 0.185. The van der Waals surface area contributed by atoms with Crippen molar-refractivity contribution < 1.29 is 9.47 Å². The van der Waals surface area contributed by atoms with Crippen LogP contribution < -0.4 is 10.1 Å². The summed E-state index contributed by atoms with van der Waals surface area (Å²) in [6, 6.07) is 3.96. The molecular formula is C12H18N2O2. The Labute approximate surface area is 96.0 Å². The number of rotatable bonds is 5. The summed E-state index contributed by atoms with van der Waals surface area (Å²) in [5, 5.41) is 3.43. The molecule has 2 rings (SSSR count). The van der Waals surface area contributed by atoms with Crippen LogP contribution in [0, 0.1) is 5.92 Å². The highest BCUT2D eigenvalue weighted by molar-refractivity contribution is 5.20. The van der Waals surface area contributed by atoms with Gasteiger partial charge in [-0.1, -0.05) is 0 Å². The normalized spacial score (nSPS) is 19.9. The number of hydrogen-bond acceptors (Lipinski definition) is 4. The van der Waals surface area contributed by atoms with Crippen molar-refractivity contribution in [2.75, 3.05) is 26.9 Å². The first kappa shape index (κ1) is 11.4. The maximum absolute atomic E-state index is 5.33. The molecule has 1 N–H and O–H groups in total. The van der Waals surface area contributed by atoms with E-state index in [1.807, 2.05) is 12.1 Å². The van der Waals surface area contributed by atoms with E-state index in [-0.39, 0.29) is 0 Å². The number of aromatic nitrogens is 1. The van der Waals surface area contributed by atoms with Crippen LogP contribution in [-0.4, -0.2) is 31.9 Å². The molecular weight excluding hydrogens is 204 g/mol. The fourth-order valence-corrected chi connectivity index (χ4v) is 1.84. The average Bonchev–Trinajstić information content (AvgIpc) is 2.82. The van der Waals surface area contributed by atoms with E-state index in [0.717, 1.165) is 26.3 Å². The SMILES string of the molecule is COc1cc(CNCC2CCOC2)ccn1. The molecule has 1 unspecified atom stereocenters. The van der Waals surface area contributed by atoms with Gasteiger partial charge in [-0.05, 0) is 24.0 Å². The molecule has 88 valence electrons. The van der Waals surface area contributed by atoms with Crippen LogP contribution in [-0.2, 0) is 11.3 Å². The number of nitrogens with zero attached hydrogens (tertiary/aromatic N) is 1. The first-order chi connectivity index (χ1) is 7.88. The molecule has 0 spiro atoms. The third-order valence-electron chi connectivity index (χ3n) is 2.79. The van der Waals surface area contributed by atoms with E-state index in [0.29, 0.717) is 11.8 Å². The van der Waals surface area contributed by atoms with Crippen molar-refractivity contribution in [3.8, 4) is 5.88 Å². The van der Waals surface area contributed by atoms with E-state index >= 15 is 0 Å². The predicted molar refractivity (Wildman–Crippen MR) is 61.4 cm³/mol. The van der Waals surface area contributed by atoms with E-state index in [2.05, 4.69) is 10.3 Å². The summed E-state index contributed by atoms with van der Waals surface area (Å²) in [4.78, 5) is 4.07. The maximum atomic E-state index is 5.33. The first-order valence-electron chi connectivity index (χ1n) is 5.66. The summed E-state index contributed by atoms with van der Waals surface area (Å²) in [5.41, 5.74) is 1.20. The lowest BCUT2D eigenvalue weighted by Crippen LogP contribution is -2.22. The molecule has 1 saturated heterocycles. The Morgan fingerprint density at radius 2 is 2.56 bits per heavy atom. The van der Waals surface area contributed by atoms with Gasteiger partial charge in [0.25, 0.3) is 0 Å². The monoisotopic (exact) mass is 222 g/mol. The van der Waals surface area contributed by atoms with E-state index in [4.69, 9.17) is 9.47 Å². The lowest BCUT2D eigenvalue weighted by Gasteiger charge is -2.09. The van der Waals surface area contributed by atoms with E-state index in [1.165, 1.54) is 12.0 Å². The highest BCUT2D eigenvalue weighted by Gasteiger charge is 2.14. The van der Waals surface area contributed by atoms with Gasteiger partial charge in [0.05, 0.1) is 13.7 Å². The van der Waals surface area contributed by atoms with Crippen molar-refractivity contribution >= 4 is 0 Å². The van der Waals surface area contributed by atoms with Crippen molar-refractivity contribution in [3.63, 3.8) is 0 Å². The van der Waals surface area contributed by atoms with Gasteiger partial charge in [-0.15, -0.1) is 0 Å². The lowest BCUT2D eigenvalue weighted by atomic mass is 10.1. The molecule has 0 amide bonds. The minimum atomic E-state index is 0.670. The minimum Gasteiger partial charge on any atom is -0.481 e. The molecule has 1 fully saturated rings. The van der Waals surface area contributed by atoms with E-state index in [1.54, 1.807) is 13.3 Å². The third kappa shape index (κ3) is 3.18. The molecule has 0 aliphatic carbocycles. The van der Waals surface area contributed by atoms with Crippen molar-refractivity contribution in [2.45, 2.75) is 13.0 Å². The summed E-state index contributed by atoms with van der Waals surface area (Å²) < 4.78 is 10.4. The summed E-state index contributed by atoms with van der Waals surface area (Å²) in [7, 11) is 1.63. The third-order valence-corrected chi connectivity index (χ3v) is 2.79. The number of hydrogen-bond donors (Lipinski definition) is 1. The average molecular weight is 222 g/mol. The number of nitrogens with one attached hydrogen (secondary N) is 1. The van der Waals surface area contributed by atoms with Gasteiger partial charge in [0, 0.05) is 32.0 Å². The Morgan fingerprint density at radius 1 is 1.62 bits per heavy atom. The molecule has 0 aromatic carbocycles. The Balaban J connectivity index is 1.75. The zero-order valence-corrected chi connectivity index (χ0v) is 9.61. The Bertz CT molecular complexity index is 325. The van der Waals surface area contributed by atoms with E-state index in [9.17, 15) is 0 Å². The van der Waals surface area contributed by atoms with Gasteiger partial charge < -0.3 is 14.8 Å². The highest BCUT2D eigenvalue weighted by Crippen LogP contribution is 2.12. The standard InChI is InChI=1S/C12H18N2O2/c1-15-12-6-10(2-4-14-12)7-13-8-11-3-5-16-9-11/h2,4,6,11,13H,3,5,7-9H2,1H3. The summed E-state index contributed by atoms with van der Waals surface area (Å²) in [6.07, 6.45) is 2.95. The van der Waals surface area contributed by atoms with Crippen LogP contribution in [0.4, 0.5) is 0 Å². The summed E-state index contributed by atoms with van der Waals surface area (Å²) in [5.74, 6) is 1.34. The van der Waals surface area contributed by atoms with Crippen molar-refractivity contribution in [1.82, 2.24) is 10.3 Å². The molecule has 4 nitrogen and oxygen atoms in total. The molecule has 0 bridgehead atoms. The van der Waals surface area contributed by atoms with Gasteiger partial charge in [-0.25, -0.2) is 4.98 Å². The maximum Gasteiger partial charge on any atom is 0.213 e. The van der Waals surface area contributed by atoms with Gasteiger partial charge in [0.2, 0.25) is 5.88 Å². The number of ether oxygens (including phenoxy) is 2. The summed E-state index contributed by atoms with van der Waals surface area (Å²) in [6.45, 7) is 3.68. The molecule has 1 aromatic heterocycles. The highest BCUT2D eigenvalue weighted by atomic mass is 16.5. The molecule has 0 saturated carbocycles. The van der Waals surface area contributed by atoms with Gasteiger partial charge in [0.15, 0.2) is 0 Å². The zero-order valence-electron chi connectivity index (χ0n) is 9.61. The molecule has 16 heavy (non-hydrogen) atoms. The largest absolute Gasteiger partial charge is 0.481 e. The molecule has 1 atom stereocenters. The molecule has 1 aliphatic rings. The molecule has 1 aliphatic heterocycles. The Kier molecular flexibility index (Phi) is 4.13. The van der Waals surface area contributed by atoms with Crippen molar-refractivity contribution in [2.24, 2.45) is 5.92 Å². The smallest absolute Gasteiger partial charge is 0.213 e. The molecule has 0 radical (unpaired) electrons. The van der Waals surface area contributed by atoms with Gasteiger partial charge >= 0.3 is 0 Å². The summed E-state index contributed by atoms with van der Waals surface area (Å²) >= 11 is 0. The molecule has 2 heterocycles. The van der Waals surface area contributed by atoms with Crippen LogP contribution in [0.15, 0.2) is 18.3 Å². The second kappa shape index (κ2) is 5.82. The first-order valence-corrected chi connectivity index (χ1v) is 5.66.